The Morgan fingerprint density at radius 1 is 1.57 bits per heavy atom. The fraction of sp³-hybridized carbons (Fsp3) is 0.111. The molecule has 14 heavy (non-hydrogen) atoms. The molecule has 0 aromatic heterocycles. The van der Waals surface area contributed by atoms with Crippen LogP contribution < -0.4 is 5.73 Å². The molecule has 0 atom stereocenters. The van der Waals surface area contributed by atoms with Gasteiger partial charge in [0.2, 0.25) is 0 Å². The number of rotatable bonds is 2. The van der Waals surface area contributed by atoms with Crippen LogP contribution in [0.5, 0.6) is 5.75 Å². The van der Waals surface area contributed by atoms with E-state index < -0.39 is 11.7 Å². The van der Waals surface area contributed by atoms with Crippen molar-refractivity contribution < 1.29 is 15.0 Å². The minimum Gasteiger partial charge on any atom is -0.507 e. The number of aromatic hydroxyl groups is 1. The summed E-state index contributed by atoms with van der Waals surface area (Å²) in [7, 11) is 0. The zero-order valence-corrected chi connectivity index (χ0v) is 7.19. The van der Waals surface area contributed by atoms with E-state index in [1.807, 2.05) is 6.07 Å². The summed E-state index contributed by atoms with van der Waals surface area (Å²) in [5.41, 5.74) is 5.40. The Labute approximate surface area is 80.0 Å². The minimum atomic E-state index is -1.25. The van der Waals surface area contributed by atoms with Gasteiger partial charge in [0, 0.05) is 12.1 Å². The molecule has 0 aliphatic rings. The second-order valence-corrected chi connectivity index (χ2v) is 2.61. The van der Waals surface area contributed by atoms with Gasteiger partial charge in [-0.15, -0.1) is 0 Å². The predicted molar refractivity (Wildman–Crippen MR) is 47.7 cm³/mol. The molecule has 0 amide bonds. The van der Waals surface area contributed by atoms with Gasteiger partial charge >= 0.3 is 5.97 Å². The molecule has 0 heterocycles. The van der Waals surface area contributed by atoms with E-state index in [1.165, 1.54) is 12.1 Å². The van der Waals surface area contributed by atoms with E-state index in [9.17, 15) is 9.90 Å². The van der Waals surface area contributed by atoms with Crippen molar-refractivity contribution in [3.63, 3.8) is 0 Å². The molecule has 1 rings (SSSR count). The number of nitrogens with zero attached hydrogens (tertiary/aromatic N) is 1. The monoisotopic (exact) mass is 192 g/mol. The van der Waals surface area contributed by atoms with Gasteiger partial charge in [0.1, 0.15) is 11.3 Å². The second-order valence-electron chi connectivity index (χ2n) is 2.61. The van der Waals surface area contributed by atoms with E-state index >= 15 is 0 Å². The van der Waals surface area contributed by atoms with Crippen LogP contribution in [-0.4, -0.2) is 16.2 Å². The average Bonchev–Trinajstić information content (AvgIpc) is 2.16. The summed E-state index contributed by atoms with van der Waals surface area (Å²) in [6, 6.07) is 4.32. The smallest absolute Gasteiger partial charge is 0.339 e. The van der Waals surface area contributed by atoms with Gasteiger partial charge in [-0.3, -0.25) is 0 Å². The number of benzene rings is 1. The number of nitrogens with two attached hydrogens (primary N) is 1. The van der Waals surface area contributed by atoms with Crippen molar-refractivity contribution in [3.05, 3.63) is 28.8 Å². The maximum Gasteiger partial charge on any atom is 0.339 e. The zero-order chi connectivity index (χ0) is 10.7. The number of carboxylic acid groups (broad SMARTS) is 1. The molecule has 0 unspecified atom stereocenters. The van der Waals surface area contributed by atoms with E-state index in [4.69, 9.17) is 16.1 Å². The van der Waals surface area contributed by atoms with Crippen LogP contribution >= 0.6 is 0 Å². The lowest BCUT2D eigenvalue weighted by molar-refractivity contribution is 0.0693. The summed E-state index contributed by atoms with van der Waals surface area (Å²) >= 11 is 0. The summed E-state index contributed by atoms with van der Waals surface area (Å²) in [6.45, 7) is -0.0736. The number of aromatic carboxylic acids is 1. The lowest BCUT2D eigenvalue weighted by Gasteiger charge is -2.06. The molecular weight excluding hydrogens is 184 g/mol. The molecular formula is C9H8N2O3. The van der Waals surface area contributed by atoms with Crippen molar-refractivity contribution in [2.75, 3.05) is 0 Å². The number of carbonyl (C=O) groups is 1. The van der Waals surface area contributed by atoms with Gasteiger partial charge < -0.3 is 15.9 Å². The first-order valence-electron chi connectivity index (χ1n) is 3.80. The highest BCUT2D eigenvalue weighted by Crippen LogP contribution is 2.25. The molecule has 72 valence electrons. The summed E-state index contributed by atoms with van der Waals surface area (Å²) in [5, 5.41) is 26.8. The van der Waals surface area contributed by atoms with Gasteiger partial charge in [0.15, 0.2) is 0 Å². The molecule has 5 nitrogen and oxygen atoms in total. The van der Waals surface area contributed by atoms with Crippen LogP contribution in [0.15, 0.2) is 12.1 Å². The van der Waals surface area contributed by atoms with Gasteiger partial charge in [-0.25, -0.2) is 4.79 Å². The first-order valence-corrected chi connectivity index (χ1v) is 3.80. The molecule has 0 bridgehead atoms. The van der Waals surface area contributed by atoms with Crippen LogP contribution in [0.3, 0.4) is 0 Å². The molecule has 0 aliphatic heterocycles. The highest BCUT2D eigenvalue weighted by Gasteiger charge is 2.15. The zero-order valence-electron chi connectivity index (χ0n) is 7.19. The summed E-state index contributed by atoms with van der Waals surface area (Å²) in [6.07, 6.45) is 0. The Morgan fingerprint density at radius 3 is 2.64 bits per heavy atom. The lowest BCUT2D eigenvalue weighted by atomic mass is 10.0. The minimum absolute atomic E-state index is 0.0736. The number of hydrogen-bond acceptors (Lipinski definition) is 4. The summed E-state index contributed by atoms with van der Waals surface area (Å²) in [5.74, 6) is -1.68. The van der Waals surface area contributed by atoms with Crippen molar-refractivity contribution >= 4 is 5.97 Å². The lowest BCUT2D eigenvalue weighted by Crippen LogP contribution is -2.05. The SMILES string of the molecule is N#Cc1ccc(C(=O)O)c(O)c1CN. The van der Waals surface area contributed by atoms with E-state index in [0.717, 1.165) is 0 Å². The molecule has 1 aromatic rings. The van der Waals surface area contributed by atoms with Crippen molar-refractivity contribution in [2.45, 2.75) is 6.54 Å². The number of carboxylic acids is 1. The molecule has 0 fully saturated rings. The first kappa shape index (κ1) is 10.0. The van der Waals surface area contributed by atoms with Crippen LogP contribution in [-0.2, 0) is 6.54 Å². The van der Waals surface area contributed by atoms with Gasteiger partial charge in [-0.2, -0.15) is 5.26 Å². The fourth-order valence-electron chi connectivity index (χ4n) is 1.12. The molecule has 1 aromatic carbocycles. The third-order valence-electron chi connectivity index (χ3n) is 1.84. The molecule has 0 radical (unpaired) electrons. The Kier molecular flexibility index (Phi) is 2.70. The second kappa shape index (κ2) is 3.77. The van der Waals surface area contributed by atoms with E-state index in [1.54, 1.807) is 0 Å². The summed E-state index contributed by atoms with van der Waals surface area (Å²) < 4.78 is 0. The van der Waals surface area contributed by atoms with Gasteiger partial charge in [-0.1, -0.05) is 0 Å². The maximum absolute atomic E-state index is 10.6. The largest absolute Gasteiger partial charge is 0.507 e. The topological polar surface area (TPSA) is 107 Å². The van der Waals surface area contributed by atoms with Gasteiger partial charge in [0.05, 0.1) is 11.6 Å². The third kappa shape index (κ3) is 1.51. The van der Waals surface area contributed by atoms with Crippen LogP contribution in [0.1, 0.15) is 21.5 Å². The van der Waals surface area contributed by atoms with Crippen LogP contribution in [0.25, 0.3) is 0 Å². The Bertz CT molecular complexity index is 421. The Hall–Kier alpha value is -2.06. The molecule has 5 heteroatoms. The van der Waals surface area contributed by atoms with Crippen LogP contribution in [0, 0.1) is 11.3 Å². The highest BCUT2D eigenvalue weighted by atomic mass is 16.4. The number of hydrogen-bond donors (Lipinski definition) is 3. The number of phenols is 1. The van der Waals surface area contributed by atoms with E-state index in [2.05, 4.69) is 0 Å². The van der Waals surface area contributed by atoms with E-state index in [0.29, 0.717) is 0 Å². The standard InChI is InChI=1S/C9H8N2O3/c10-3-5-1-2-6(9(13)14)8(12)7(5)4-11/h1-2,12H,4,11H2,(H,13,14). The van der Waals surface area contributed by atoms with Gasteiger partial charge in [0.25, 0.3) is 0 Å². The fourth-order valence-corrected chi connectivity index (χ4v) is 1.12. The van der Waals surface area contributed by atoms with Crippen LogP contribution in [0.2, 0.25) is 0 Å². The van der Waals surface area contributed by atoms with Crippen molar-refractivity contribution in [1.29, 1.82) is 5.26 Å². The Morgan fingerprint density at radius 2 is 2.21 bits per heavy atom. The van der Waals surface area contributed by atoms with Gasteiger partial charge in [-0.05, 0) is 12.1 Å². The van der Waals surface area contributed by atoms with Crippen molar-refractivity contribution in [3.8, 4) is 11.8 Å². The van der Waals surface area contributed by atoms with Crippen molar-refractivity contribution in [1.82, 2.24) is 0 Å². The molecule has 0 aliphatic carbocycles. The molecule has 0 saturated carbocycles. The van der Waals surface area contributed by atoms with E-state index in [-0.39, 0.29) is 23.2 Å². The normalized spacial score (nSPS) is 9.43. The summed E-state index contributed by atoms with van der Waals surface area (Å²) in [4.78, 5) is 10.6. The van der Waals surface area contributed by atoms with Crippen LogP contribution in [0.4, 0.5) is 0 Å². The first-order chi connectivity index (χ1) is 6.61. The number of nitriles is 1. The quantitative estimate of drug-likeness (QED) is 0.629. The maximum atomic E-state index is 10.6. The third-order valence-corrected chi connectivity index (χ3v) is 1.84. The molecule has 0 spiro atoms. The molecule has 4 N–H and O–H groups in total. The Balaban J connectivity index is 3.44. The van der Waals surface area contributed by atoms with Crippen molar-refractivity contribution in [2.24, 2.45) is 5.73 Å². The molecule has 0 saturated heterocycles. The highest BCUT2D eigenvalue weighted by molar-refractivity contribution is 5.91. The predicted octanol–water partition coefficient (Wildman–Crippen LogP) is 0.421. The average molecular weight is 192 g/mol.